The highest BCUT2D eigenvalue weighted by Crippen LogP contribution is 2.40. The van der Waals surface area contributed by atoms with E-state index in [0.29, 0.717) is 55.1 Å². The second-order valence-corrected chi connectivity index (χ2v) is 21.3. The van der Waals surface area contributed by atoms with Gasteiger partial charge in [-0.3, -0.25) is 9.59 Å². The second-order valence-electron chi connectivity index (χ2n) is 19.2. The molecule has 2 aliphatic rings. The molecule has 0 saturated carbocycles. The summed E-state index contributed by atoms with van der Waals surface area (Å²) in [6.45, 7) is 8.72. The number of carbonyl (C=O) groups excluding carboxylic acids is 2. The SMILES string of the molecule is C.CC(C)(C)c1ccc(C2=NC(=O)c3c(-c4ccc(Cl)cc4)[nH]c(O)c32)cc1.CCCCCCCCCCCCCCCCCCSc1ccc(-c2[nH]c(O)c3c2C(=O)N=C3c2ccc(Cl)cc2)cc1. The standard InChI is InChI=1S/C36H47ClN2O2S.C22H19ClN2O2.CH4/c1-2-3-4-5-6-7-8-9-10-11-12-13-14-15-16-17-26-42-30-24-20-28(21-25-30)34-32-31(35(40)39-34)33(38-36(32)41)27-18-22-29(37)23-19-27;1-22(2,3)14-8-4-12(5-9-14)18-16-17(21(27)24-18)19(25-20(16)26)13-6-10-15(23)11-7-13;/h18-25,39-40H,2-17,26H2,1H3;4-11,25-26H,1-3H3;1H4. The largest absolute Gasteiger partial charge is 0.494 e. The average molecular weight is 1000 g/mol. The van der Waals surface area contributed by atoms with E-state index in [1.807, 2.05) is 48.2 Å². The minimum absolute atomic E-state index is 0. The fourth-order valence-corrected chi connectivity index (χ4v) is 10.2. The van der Waals surface area contributed by atoms with Gasteiger partial charge in [0, 0.05) is 26.1 Å². The highest BCUT2D eigenvalue weighted by Gasteiger charge is 2.35. The molecule has 0 atom stereocenters. The molecule has 370 valence electrons. The minimum Gasteiger partial charge on any atom is -0.494 e. The molecule has 4 heterocycles. The first-order chi connectivity index (χ1) is 33.3. The number of H-pyrrole nitrogens is 2. The van der Waals surface area contributed by atoms with E-state index in [-0.39, 0.29) is 36.4 Å². The maximum atomic E-state index is 12.8. The molecule has 0 aliphatic carbocycles. The van der Waals surface area contributed by atoms with Gasteiger partial charge in [0.1, 0.15) is 0 Å². The van der Waals surface area contributed by atoms with E-state index in [1.54, 1.807) is 48.5 Å². The number of aromatic nitrogens is 2. The number of nitrogens with zero attached hydrogens (tertiary/aromatic N) is 2. The fourth-order valence-electron chi connectivity index (χ4n) is 9.05. The van der Waals surface area contributed by atoms with Gasteiger partial charge in [0.2, 0.25) is 0 Å². The van der Waals surface area contributed by atoms with Gasteiger partial charge in [-0.05, 0) is 70.7 Å². The van der Waals surface area contributed by atoms with Crippen molar-refractivity contribution in [2.75, 3.05) is 5.75 Å². The van der Waals surface area contributed by atoms with E-state index in [2.05, 4.69) is 59.8 Å². The van der Waals surface area contributed by atoms with Crippen molar-refractivity contribution in [3.8, 4) is 34.3 Å². The zero-order valence-electron chi connectivity index (χ0n) is 40.5. The molecule has 4 aromatic carbocycles. The molecular formula is C59H70Cl2N4O4S. The number of rotatable bonds is 22. The number of amides is 2. The lowest BCUT2D eigenvalue weighted by molar-refractivity contribution is 0.0998. The summed E-state index contributed by atoms with van der Waals surface area (Å²) >= 11 is 13.8. The molecule has 2 amide bonds. The molecule has 4 N–H and O–H groups in total. The van der Waals surface area contributed by atoms with E-state index in [0.717, 1.165) is 28.0 Å². The molecule has 0 radical (unpaired) electrons. The van der Waals surface area contributed by atoms with Gasteiger partial charge < -0.3 is 20.2 Å². The van der Waals surface area contributed by atoms with Gasteiger partial charge in [-0.15, -0.1) is 11.8 Å². The molecule has 2 aromatic heterocycles. The summed E-state index contributed by atoms with van der Waals surface area (Å²) < 4.78 is 0. The molecule has 2 aliphatic heterocycles. The van der Waals surface area contributed by atoms with E-state index < -0.39 is 0 Å². The number of fused-ring (bicyclic) bond motifs is 2. The van der Waals surface area contributed by atoms with Crippen molar-refractivity contribution in [2.45, 2.75) is 148 Å². The lowest BCUT2D eigenvalue weighted by Crippen LogP contribution is -2.11. The number of aromatic hydroxyl groups is 2. The van der Waals surface area contributed by atoms with Crippen LogP contribution in [-0.4, -0.2) is 49.2 Å². The van der Waals surface area contributed by atoms with Crippen LogP contribution in [0.4, 0.5) is 0 Å². The monoisotopic (exact) mass is 1000 g/mol. The van der Waals surface area contributed by atoms with Crippen molar-refractivity contribution in [1.29, 1.82) is 0 Å². The molecule has 70 heavy (non-hydrogen) atoms. The van der Waals surface area contributed by atoms with E-state index in [9.17, 15) is 19.8 Å². The third kappa shape index (κ3) is 13.7. The highest BCUT2D eigenvalue weighted by atomic mass is 35.5. The quantitative estimate of drug-likeness (QED) is 0.0397. The number of benzene rings is 4. The third-order valence-corrected chi connectivity index (χ3v) is 14.6. The van der Waals surface area contributed by atoms with Gasteiger partial charge >= 0.3 is 0 Å². The number of halogens is 2. The molecule has 8 nitrogen and oxygen atoms in total. The van der Waals surface area contributed by atoms with Crippen LogP contribution in [0.5, 0.6) is 11.8 Å². The summed E-state index contributed by atoms with van der Waals surface area (Å²) in [6, 6.07) is 30.4. The summed E-state index contributed by atoms with van der Waals surface area (Å²) in [7, 11) is 0. The van der Waals surface area contributed by atoms with E-state index >= 15 is 0 Å². The molecule has 0 bridgehead atoms. The number of carbonyl (C=O) groups is 2. The summed E-state index contributed by atoms with van der Waals surface area (Å²) in [4.78, 5) is 41.0. The number of hydrogen-bond donors (Lipinski definition) is 4. The Bertz CT molecular complexity index is 2730. The van der Waals surface area contributed by atoms with Crippen molar-refractivity contribution in [3.63, 3.8) is 0 Å². The lowest BCUT2D eigenvalue weighted by Gasteiger charge is -2.19. The number of hydrogen-bond acceptors (Lipinski definition) is 5. The minimum atomic E-state index is -0.360. The van der Waals surface area contributed by atoms with Crippen molar-refractivity contribution in [2.24, 2.45) is 9.98 Å². The van der Waals surface area contributed by atoms with Crippen LogP contribution in [0.1, 0.15) is 186 Å². The predicted octanol–water partition coefficient (Wildman–Crippen LogP) is 17.4. The Morgan fingerprint density at radius 3 is 1.21 bits per heavy atom. The third-order valence-electron chi connectivity index (χ3n) is 13.0. The Morgan fingerprint density at radius 2 is 0.829 bits per heavy atom. The fraction of sp³-hybridized carbons (Fsp3) is 0.390. The van der Waals surface area contributed by atoms with E-state index in [4.69, 9.17) is 23.2 Å². The Labute approximate surface area is 429 Å². The number of nitrogens with one attached hydrogen (secondary N) is 2. The first kappa shape index (κ1) is 54.0. The summed E-state index contributed by atoms with van der Waals surface area (Å²) in [5.41, 5.74) is 8.24. The van der Waals surface area contributed by atoms with Crippen LogP contribution in [0.3, 0.4) is 0 Å². The number of unbranched alkanes of at least 4 members (excludes halogenated alkanes) is 15. The van der Waals surface area contributed by atoms with Gasteiger partial charge in [0.15, 0.2) is 11.8 Å². The highest BCUT2D eigenvalue weighted by molar-refractivity contribution is 7.99. The normalized spacial score (nSPS) is 12.8. The molecule has 8 rings (SSSR count). The summed E-state index contributed by atoms with van der Waals surface area (Å²) in [5.74, 6) is 0.318. The van der Waals surface area contributed by atoms with Crippen LogP contribution in [0.25, 0.3) is 22.5 Å². The number of thioether (sulfide) groups is 1. The molecule has 0 fully saturated rings. The van der Waals surface area contributed by atoms with Crippen LogP contribution in [0.15, 0.2) is 112 Å². The van der Waals surface area contributed by atoms with Gasteiger partial charge in [-0.1, -0.05) is 215 Å². The van der Waals surface area contributed by atoms with Crippen molar-refractivity contribution in [1.82, 2.24) is 9.97 Å². The smallest absolute Gasteiger partial charge is 0.280 e. The topological polar surface area (TPSA) is 131 Å². The lowest BCUT2D eigenvalue weighted by atomic mass is 9.86. The molecule has 0 saturated heterocycles. The van der Waals surface area contributed by atoms with Crippen LogP contribution in [0.2, 0.25) is 10.0 Å². The second kappa shape index (κ2) is 25.7. The Kier molecular flexibility index (Phi) is 19.8. The van der Waals surface area contributed by atoms with Crippen molar-refractivity contribution in [3.05, 3.63) is 146 Å². The molecule has 6 aromatic rings. The first-order valence-electron chi connectivity index (χ1n) is 24.9. The van der Waals surface area contributed by atoms with Crippen LogP contribution < -0.4 is 0 Å². The molecular weight excluding hydrogens is 932 g/mol. The average Bonchev–Trinajstić information content (AvgIpc) is 4.09. The molecule has 11 heteroatoms. The Balaban J connectivity index is 0.000000247. The maximum Gasteiger partial charge on any atom is 0.280 e. The summed E-state index contributed by atoms with van der Waals surface area (Å²) in [6.07, 6.45) is 22.2. The van der Waals surface area contributed by atoms with Crippen LogP contribution in [-0.2, 0) is 5.41 Å². The zero-order valence-corrected chi connectivity index (χ0v) is 42.9. The Hall–Kier alpha value is -5.35. The van der Waals surface area contributed by atoms with Crippen molar-refractivity contribution >= 4 is 58.2 Å². The maximum absolute atomic E-state index is 12.8. The Morgan fingerprint density at radius 1 is 0.486 bits per heavy atom. The first-order valence-corrected chi connectivity index (χ1v) is 26.6. The van der Waals surface area contributed by atoms with Gasteiger partial charge in [0.25, 0.3) is 11.8 Å². The zero-order chi connectivity index (χ0) is 48.9. The van der Waals surface area contributed by atoms with Gasteiger partial charge in [0.05, 0.1) is 45.1 Å². The van der Waals surface area contributed by atoms with Gasteiger partial charge in [-0.25, -0.2) is 9.98 Å². The van der Waals surface area contributed by atoms with Crippen LogP contribution in [0, 0.1) is 0 Å². The van der Waals surface area contributed by atoms with Gasteiger partial charge in [-0.2, -0.15) is 0 Å². The predicted molar refractivity (Wildman–Crippen MR) is 294 cm³/mol. The number of aliphatic imine (C=N–C) groups is 2. The number of aromatic amines is 2. The summed E-state index contributed by atoms with van der Waals surface area (Å²) in [5, 5.41) is 22.4. The van der Waals surface area contributed by atoms with Crippen LogP contribution >= 0.6 is 35.0 Å². The van der Waals surface area contributed by atoms with E-state index in [1.165, 1.54) is 113 Å². The molecule has 0 unspecified atom stereocenters. The molecule has 0 spiro atoms. The van der Waals surface area contributed by atoms with Crippen molar-refractivity contribution < 1.29 is 19.8 Å².